The van der Waals surface area contributed by atoms with Crippen molar-refractivity contribution < 1.29 is 4.79 Å². The Bertz CT molecular complexity index is 598. The molecule has 0 spiro atoms. The molecule has 1 aliphatic rings. The Morgan fingerprint density at radius 3 is 2.52 bits per heavy atom. The first-order valence-corrected chi connectivity index (χ1v) is 8.84. The molecule has 0 aliphatic carbocycles. The van der Waals surface area contributed by atoms with Gasteiger partial charge in [0.2, 0.25) is 5.91 Å². The number of amides is 1. The van der Waals surface area contributed by atoms with Gasteiger partial charge in [-0.25, -0.2) is 9.48 Å². The molecule has 2 heterocycles. The van der Waals surface area contributed by atoms with E-state index in [1.165, 1.54) is 4.68 Å². The summed E-state index contributed by atoms with van der Waals surface area (Å²) < 4.78 is 3.19. The average Bonchev–Trinajstić information content (AvgIpc) is 2.84. The Morgan fingerprint density at radius 1 is 1.30 bits per heavy atom. The molecule has 0 bridgehead atoms. The molecule has 0 N–H and O–H groups in total. The molecule has 0 radical (unpaired) electrons. The van der Waals surface area contributed by atoms with Crippen molar-refractivity contribution in [1.82, 2.24) is 19.2 Å². The lowest BCUT2D eigenvalue weighted by Crippen LogP contribution is -2.43. The first-order valence-electron chi connectivity index (χ1n) is 8.84. The van der Waals surface area contributed by atoms with Crippen LogP contribution in [0.1, 0.15) is 71.2 Å². The zero-order valence-electron chi connectivity index (χ0n) is 15.1. The second-order valence-corrected chi connectivity index (χ2v) is 6.86. The van der Waals surface area contributed by atoms with E-state index in [4.69, 9.17) is 0 Å². The highest BCUT2D eigenvalue weighted by Crippen LogP contribution is 2.28. The van der Waals surface area contributed by atoms with E-state index in [9.17, 15) is 9.59 Å². The minimum Gasteiger partial charge on any atom is -0.342 e. The van der Waals surface area contributed by atoms with Gasteiger partial charge < -0.3 is 4.90 Å². The molecule has 1 unspecified atom stereocenters. The lowest BCUT2D eigenvalue weighted by Gasteiger charge is -2.34. The molecule has 1 aromatic rings. The van der Waals surface area contributed by atoms with Crippen LogP contribution in [0.3, 0.4) is 0 Å². The number of hydrogen-bond donors (Lipinski definition) is 0. The number of hydrogen-bond acceptors (Lipinski definition) is 3. The van der Waals surface area contributed by atoms with E-state index in [0.29, 0.717) is 6.54 Å². The van der Waals surface area contributed by atoms with Crippen molar-refractivity contribution in [2.45, 2.75) is 65.3 Å². The van der Waals surface area contributed by atoms with Gasteiger partial charge in [-0.15, -0.1) is 0 Å². The predicted molar refractivity (Wildman–Crippen MR) is 90.5 cm³/mol. The van der Waals surface area contributed by atoms with Crippen LogP contribution in [0.2, 0.25) is 0 Å². The van der Waals surface area contributed by atoms with Gasteiger partial charge in [-0.2, -0.15) is 5.10 Å². The zero-order chi connectivity index (χ0) is 17.1. The maximum absolute atomic E-state index is 12.7. The summed E-state index contributed by atoms with van der Waals surface area (Å²) in [6.07, 6.45) is 3.73. The Balaban J connectivity index is 2.24. The monoisotopic (exact) mass is 322 g/mol. The van der Waals surface area contributed by atoms with Crippen LogP contribution in [0.5, 0.6) is 0 Å². The first-order chi connectivity index (χ1) is 10.9. The van der Waals surface area contributed by atoms with Crippen LogP contribution < -0.4 is 5.69 Å². The van der Waals surface area contributed by atoms with Gasteiger partial charge in [0.25, 0.3) is 0 Å². The summed E-state index contributed by atoms with van der Waals surface area (Å²) in [4.78, 5) is 26.9. The number of carbonyl (C=O) groups is 1. The summed E-state index contributed by atoms with van der Waals surface area (Å²) in [6, 6.07) is 0.0799. The van der Waals surface area contributed by atoms with E-state index >= 15 is 0 Å². The Kier molecular flexibility index (Phi) is 5.65. The molecule has 130 valence electrons. The molecule has 1 fully saturated rings. The normalized spacial score (nSPS) is 18.9. The standard InChI is InChI=1S/C17H30N4O2/c1-6-13(7-2)16(22)20-10-8-9-14(11-20)15-18-19(5)17(23)21(15)12(3)4/h12-14H,6-11H2,1-5H3. The van der Waals surface area contributed by atoms with Gasteiger partial charge in [0, 0.05) is 38.0 Å². The van der Waals surface area contributed by atoms with E-state index in [-0.39, 0.29) is 29.5 Å². The van der Waals surface area contributed by atoms with E-state index in [0.717, 1.165) is 38.1 Å². The van der Waals surface area contributed by atoms with Crippen LogP contribution >= 0.6 is 0 Å². The third-order valence-electron chi connectivity index (χ3n) is 4.93. The number of likely N-dealkylation sites (tertiary alicyclic amines) is 1. The summed E-state index contributed by atoms with van der Waals surface area (Å²) in [6.45, 7) is 9.65. The molecule has 2 rings (SSSR count). The maximum Gasteiger partial charge on any atom is 0.345 e. The average molecular weight is 322 g/mol. The topological polar surface area (TPSA) is 60.1 Å². The minimum absolute atomic E-state index is 0.0709. The second kappa shape index (κ2) is 7.32. The number of carbonyl (C=O) groups excluding carboxylic acids is 1. The van der Waals surface area contributed by atoms with Gasteiger partial charge in [-0.3, -0.25) is 9.36 Å². The smallest absolute Gasteiger partial charge is 0.342 e. The van der Waals surface area contributed by atoms with Crippen LogP contribution in [-0.2, 0) is 11.8 Å². The van der Waals surface area contributed by atoms with Crippen molar-refractivity contribution in [2.75, 3.05) is 13.1 Å². The molecule has 6 nitrogen and oxygen atoms in total. The van der Waals surface area contributed by atoms with E-state index < -0.39 is 0 Å². The lowest BCUT2D eigenvalue weighted by molar-refractivity contribution is -0.137. The highest BCUT2D eigenvalue weighted by molar-refractivity contribution is 5.78. The first kappa shape index (κ1) is 17.8. The lowest BCUT2D eigenvalue weighted by atomic mass is 9.94. The molecular formula is C17H30N4O2. The van der Waals surface area contributed by atoms with E-state index in [1.807, 2.05) is 18.7 Å². The molecule has 6 heteroatoms. The summed E-state index contributed by atoms with van der Waals surface area (Å²) in [5, 5.41) is 4.46. The van der Waals surface area contributed by atoms with Crippen LogP contribution in [0.15, 0.2) is 4.79 Å². The van der Waals surface area contributed by atoms with Gasteiger partial charge in [0.05, 0.1) is 0 Å². The van der Waals surface area contributed by atoms with Crippen molar-refractivity contribution in [1.29, 1.82) is 0 Å². The minimum atomic E-state index is -0.0709. The van der Waals surface area contributed by atoms with Crippen LogP contribution in [0.4, 0.5) is 0 Å². The number of aryl methyl sites for hydroxylation is 1. The van der Waals surface area contributed by atoms with E-state index in [2.05, 4.69) is 18.9 Å². The van der Waals surface area contributed by atoms with Gasteiger partial charge in [0.15, 0.2) is 0 Å². The molecule has 0 saturated carbocycles. The zero-order valence-corrected chi connectivity index (χ0v) is 15.1. The van der Waals surface area contributed by atoms with Gasteiger partial charge in [0.1, 0.15) is 5.82 Å². The van der Waals surface area contributed by atoms with E-state index in [1.54, 1.807) is 11.6 Å². The summed E-state index contributed by atoms with van der Waals surface area (Å²) in [5.41, 5.74) is -0.0709. The molecule has 1 amide bonds. The molecule has 23 heavy (non-hydrogen) atoms. The molecule has 1 atom stereocenters. The van der Waals surface area contributed by atoms with Crippen molar-refractivity contribution in [2.24, 2.45) is 13.0 Å². The fraction of sp³-hybridized carbons (Fsp3) is 0.824. The fourth-order valence-corrected chi connectivity index (χ4v) is 3.55. The third kappa shape index (κ3) is 3.51. The summed E-state index contributed by atoms with van der Waals surface area (Å²) >= 11 is 0. The van der Waals surface area contributed by atoms with Gasteiger partial charge in [-0.05, 0) is 39.5 Å². The van der Waals surface area contributed by atoms with Crippen LogP contribution in [-0.4, -0.2) is 38.2 Å². The van der Waals surface area contributed by atoms with Crippen LogP contribution in [0.25, 0.3) is 0 Å². The Hall–Kier alpha value is -1.59. The fourth-order valence-electron chi connectivity index (χ4n) is 3.55. The highest BCUT2D eigenvalue weighted by Gasteiger charge is 2.31. The Morgan fingerprint density at radius 2 is 1.96 bits per heavy atom. The molecular weight excluding hydrogens is 292 g/mol. The summed E-state index contributed by atoms with van der Waals surface area (Å²) in [7, 11) is 1.70. The van der Waals surface area contributed by atoms with Crippen molar-refractivity contribution in [3.05, 3.63) is 16.3 Å². The number of rotatable bonds is 5. The third-order valence-corrected chi connectivity index (χ3v) is 4.93. The largest absolute Gasteiger partial charge is 0.345 e. The Labute approximate surface area is 138 Å². The predicted octanol–water partition coefficient (Wildman–Crippen LogP) is 2.30. The maximum atomic E-state index is 12.7. The molecule has 1 aliphatic heterocycles. The van der Waals surface area contributed by atoms with Crippen molar-refractivity contribution in [3.63, 3.8) is 0 Å². The molecule has 0 aromatic carbocycles. The van der Waals surface area contributed by atoms with Gasteiger partial charge in [-0.1, -0.05) is 13.8 Å². The SMILES string of the molecule is CCC(CC)C(=O)N1CCCC(c2nn(C)c(=O)n2C(C)C)C1. The molecule has 1 saturated heterocycles. The second-order valence-electron chi connectivity index (χ2n) is 6.86. The number of nitrogens with zero attached hydrogens (tertiary/aromatic N) is 4. The van der Waals surface area contributed by atoms with Crippen molar-refractivity contribution >= 4 is 5.91 Å². The van der Waals surface area contributed by atoms with Gasteiger partial charge >= 0.3 is 5.69 Å². The summed E-state index contributed by atoms with van der Waals surface area (Å²) in [5.74, 6) is 1.35. The molecule has 1 aromatic heterocycles. The number of piperidine rings is 1. The number of aromatic nitrogens is 3. The van der Waals surface area contributed by atoms with Crippen molar-refractivity contribution in [3.8, 4) is 0 Å². The van der Waals surface area contributed by atoms with Crippen LogP contribution in [0, 0.1) is 5.92 Å². The highest BCUT2D eigenvalue weighted by atomic mass is 16.2. The quantitative estimate of drug-likeness (QED) is 0.836.